The van der Waals surface area contributed by atoms with Gasteiger partial charge in [0.2, 0.25) is 5.95 Å². The van der Waals surface area contributed by atoms with Gasteiger partial charge in [-0.3, -0.25) is 9.58 Å². The van der Waals surface area contributed by atoms with E-state index in [4.69, 9.17) is 9.72 Å². The highest BCUT2D eigenvalue weighted by Gasteiger charge is 2.59. The first kappa shape index (κ1) is 22.8. The number of ether oxygens (including phenoxy) is 1. The zero-order chi connectivity index (χ0) is 24.3. The third kappa shape index (κ3) is 4.17. The number of rotatable bonds is 5. The van der Waals surface area contributed by atoms with Crippen molar-refractivity contribution in [1.29, 1.82) is 0 Å². The number of nitrogens with zero attached hydrogens (tertiary/aromatic N) is 5. The highest BCUT2D eigenvalue weighted by molar-refractivity contribution is 5.81. The summed E-state index contributed by atoms with van der Waals surface area (Å²) < 4.78 is 33.8. The van der Waals surface area contributed by atoms with Gasteiger partial charge < -0.3 is 15.2 Å². The van der Waals surface area contributed by atoms with E-state index < -0.39 is 18.1 Å². The molecule has 1 aliphatic carbocycles. The lowest BCUT2D eigenvalue weighted by atomic mass is 9.85. The number of halogens is 2. The number of hydrogen-bond acceptors (Lipinski definition) is 7. The van der Waals surface area contributed by atoms with Crippen LogP contribution in [-0.4, -0.2) is 74.1 Å². The van der Waals surface area contributed by atoms with Gasteiger partial charge in [-0.05, 0) is 69.0 Å². The average Bonchev–Trinajstić information content (AvgIpc) is 3.11. The SMILES string of the molecule is Cc1cc2cnc(Nc3cnn([C@H]4CC4(F)F)c3C)nc2cc1C1CCN([C@@H]2COC[C@@H]2O)CC1. The standard InChI is InChI=1S/C25H30F2N6O2/c1-14-7-17-10-28-24(31-20-11-29-33(15(20)2)23-9-25(23,26)27)30-19(17)8-18(14)16-3-5-32(6-4-16)21-12-35-13-22(21)34/h7-8,10-11,16,21-23,34H,3-6,9,12-13H2,1-2H3,(H,28,30,31)/t21-,22+,23+/m1/s1. The van der Waals surface area contributed by atoms with Gasteiger partial charge in [-0.15, -0.1) is 0 Å². The van der Waals surface area contributed by atoms with E-state index >= 15 is 0 Å². The van der Waals surface area contributed by atoms with Crippen molar-refractivity contribution in [2.75, 3.05) is 31.6 Å². The Balaban J connectivity index is 1.19. The molecule has 35 heavy (non-hydrogen) atoms. The van der Waals surface area contributed by atoms with Crippen molar-refractivity contribution in [3.63, 3.8) is 0 Å². The van der Waals surface area contributed by atoms with Crippen LogP contribution in [0.3, 0.4) is 0 Å². The lowest BCUT2D eigenvalue weighted by Crippen LogP contribution is -2.46. The fourth-order valence-electron chi connectivity index (χ4n) is 5.58. The summed E-state index contributed by atoms with van der Waals surface area (Å²) in [4.78, 5) is 11.5. The molecule has 6 rings (SSSR count). The number of hydrogen-bond donors (Lipinski definition) is 2. The molecule has 3 fully saturated rings. The minimum absolute atomic E-state index is 0.106. The second-order valence-corrected chi connectivity index (χ2v) is 10.1. The number of aryl methyl sites for hydroxylation is 1. The number of aromatic nitrogens is 4. The maximum atomic E-state index is 13.5. The molecule has 1 aromatic carbocycles. The molecule has 2 aliphatic heterocycles. The largest absolute Gasteiger partial charge is 0.389 e. The second kappa shape index (κ2) is 8.46. The monoisotopic (exact) mass is 484 g/mol. The zero-order valence-corrected chi connectivity index (χ0v) is 19.9. The average molecular weight is 485 g/mol. The fraction of sp³-hybridized carbons (Fsp3) is 0.560. The van der Waals surface area contributed by atoms with Crippen LogP contribution in [0.25, 0.3) is 10.9 Å². The van der Waals surface area contributed by atoms with E-state index in [2.05, 4.69) is 39.4 Å². The van der Waals surface area contributed by atoms with Crippen LogP contribution in [0.4, 0.5) is 20.4 Å². The van der Waals surface area contributed by atoms with E-state index in [1.54, 1.807) is 19.3 Å². The molecule has 186 valence electrons. The Hall–Kier alpha value is -2.69. The number of anilines is 2. The molecule has 4 heterocycles. The summed E-state index contributed by atoms with van der Waals surface area (Å²) in [5, 5.41) is 18.4. The minimum atomic E-state index is -2.68. The predicted octanol–water partition coefficient (Wildman–Crippen LogP) is 3.71. The van der Waals surface area contributed by atoms with Crippen LogP contribution in [0.5, 0.6) is 0 Å². The van der Waals surface area contributed by atoms with Crippen molar-refractivity contribution in [3.05, 3.63) is 41.3 Å². The summed E-state index contributed by atoms with van der Waals surface area (Å²) >= 11 is 0. The van der Waals surface area contributed by atoms with Crippen LogP contribution in [-0.2, 0) is 4.74 Å². The van der Waals surface area contributed by atoms with Crippen LogP contribution in [0, 0.1) is 13.8 Å². The summed E-state index contributed by atoms with van der Waals surface area (Å²) in [6, 6.07) is 3.53. The first-order valence-corrected chi connectivity index (χ1v) is 12.3. The van der Waals surface area contributed by atoms with Gasteiger partial charge >= 0.3 is 0 Å². The van der Waals surface area contributed by atoms with Crippen molar-refractivity contribution < 1.29 is 18.6 Å². The molecule has 0 spiro atoms. The van der Waals surface area contributed by atoms with Gasteiger partial charge in [0.1, 0.15) is 6.04 Å². The predicted molar refractivity (Wildman–Crippen MR) is 127 cm³/mol. The molecule has 2 aromatic heterocycles. The van der Waals surface area contributed by atoms with Crippen LogP contribution in [0.1, 0.15) is 48.0 Å². The van der Waals surface area contributed by atoms with E-state index in [1.807, 2.05) is 0 Å². The topological polar surface area (TPSA) is 88.3 Å². The van der Waals surface area contributed by atoms with Crippen LogP contribution in [0.2, 0.25) is 0 Å². The van der Waals surface area contributed by atoms with Crippen molar-refractivity contribution >= 4 is 22.5 Å². The Morgan fingerprint density at radius 1 is 1.14 bits per heavy atom. The third-order valence-corrected chi connectivity index (χ3v) is 7.81. The Morgan fingerprint density at radius 3 is 2.60 bits per heavy atom. The summed E-state index contributed by atoms with van der Waals surface area (Å²) in [6.07, 6.45) is 4.83. The third-order valence-electron chi connectivity index (χ3n) is 7.81. The Kier molecular flexibility index (Phi) is 5.50. The van der Waals surface area contributed by atoms with E-state index in [0.717, 1.165) is 36.8 Å². The van der Waals surface area contributed by atoms with Crippen molar-refractivity contribution in [2.45, 2.75) is 63.1 Å². The van der Waals surface area contributed by atoms with Crippen LogP contribution in [0.15, 0.2) is 24.5 Å². The zero-order valence-electron chi connectivity index (χ0n) is 19.9. The first-order valence-electron chi connectivity index (χ1n) is 12.3. The lowest BCUT2D eigenvalue weighted by Gasteiger charge is -2.37. The molecule has 3 aromatic rings. The highest BCUT2D eigenvalue weighted by Crippen LogP contribution is 2.53. The molecule has 2 saturated heterocycles. The van der Waals surface area contributed by atoms with Gasteiger partial charge in [-0.2, -0.15) is 5.10 Å². The number of aliphatic hydroxyl groups excluding tert-OH is 1. The molecule has 0 amide bonds. The van der Waals surface area contributed by atoms with Gasteiger partial charge in [-0.25, -0.2) is 18.7 Å². The van der Waals surface area contributed by atoms with Gasteiger partial charge in [0, 0.05) is 18.0 Å². The number of alkyl halides is 2. The maximum absolute atomic E-state index is 13.5. The van der Waals surface area contributed by atoms with Crippen molar-refractivity contribution in [1.82, 2.24) is 24.6 Å². The quantitative estimate of drug-likeness (QED) is 0.571. The van der Waals surface area contributed by atoms with Crippen LogP contribution < -0.4 is 5.32 Å². The smallest absolute Gasteiger partial charge is 0.272 e. The summed E-state index contributed by atoms with van der Waals surface area (Å²) in [6.45, 7) is 6.82. The number of likely N-dealkylation sites (tertiary alicyclic amines) is 1. The molecule has 10 heteroatoms. The Morgan fingerprint density at radius 2 is 1.91 bits per heavy atom. The van der Waals surface area contributed by atoms with Crippen LogP contribution >= 0.6 is 0 Å². The number of benzene rings is 1. The fourth-order valence-corrected chi connectivity index (χ4v) is 5.58. The lowest BCUT2D eigenvalue weighted by molar-refractivity contribution is 0.0663. The molecule has 1 saturated carbocycles. The Labute approximate surface area is 202 Å². The van der Waals surface area contributed by atoms with E-state index in [1.165, 1.54) is 15.8 Å². The summed E-state index contributed by atoms with van der Waals surface area (Å²) in [5.41, 5.74) is 4.65. The van der Waals surface area contributed by atoms with Crippen molar-refractivity contribution in [3.8, 4) is 0 Å². The molecule has 2 N–H and O–H groups in total. The molecule has 0 bridgehead atoms. The summed E-state index contributed by atoms with van der Waals surface area (Å²) in [5.74, 6) is -1.83. The maximum Gasteiger partial charge on any atom is 0.272 e. The number of aliphatic hydroxyl groups is 1. The molecule has 8 nitrogen and oxygen atoms in total. The number of piperidine rings is 1. The molecular formula is C25H30F2N6O2. The minimum Gasteiger partial charge on any atom is -0.389 e. The second-order valence-electron chi connectivity index (χ2n) is 10.1. The molecular weight excluding hydrogens is 454 g/mol. The van der Waals surface area contributed by atoms with Gasteiger partial charge in [0.15, 0.2) is 0 Å². The number of fused-ring (bicyclic) bond motifs is 1. The van der Waals surface area contributed by atoms with Gasteiger partial charge in [0.25, 0.3) is 5.92 Å². The molecule has 0 radical (unpaired) electrons. The van der Waals surface area contributed by atoms with E-state index in [-0.39, 0.29) is 12.5 Å². The molecule has 0 unspecified atom stereocenters. The number of nitrogens with one attached hydrogen (secondary N) is 1. The molecule has 3 atom stereocenters. The van der Waals surface area contributed by atoms with Gasteiger partial charge in [-0.1, -0.05) is 0 Å². The Bertz CT molecular complexity index is 1260. The first-order chi connectivity index (χ1) is 16.8. The summed E-state index contributed by atoms with van der Waals surface area (Å²) in [7, 11) is 0. The van der Waals surface area contributed by atoms with Gasteiger partial charge in [0.05, 0.1) is 48.5 Å². The normalized spacial score (nSPS) is 26.9. The molecule has 3 aliphatic rings. The highest BCUT2D eigenvalue weighted by atomic mass is 19.3. The van der Waals surface area contributed by atoms with E-state index in [0.29, 0.717) is 36.5 Å². The van der Waals surface area contributed by atoms with E-state index in [9.17, 15) is 13.9 Å². The van der Waals surface area contributed by atoms with Crippen molar-refractivity contribution in [2.24, 2.45) is 0 Å².